The number of sulfone groups is 1. The third-order valence-corrected chi connectivity index (χ3v) is 9.74. The molecule has 0 radical (unpaired) electrons. The second-order valence-corrected chi connectivity index (χ2v) is 12.7. The molecule has 2 aromatic rings. The molecule has 0 bridgehead atoms. The number of benzene rings is 2. The monoisotopic (exact) mass is 606 g/mol. The zero-order valence-corrected chi connectivity index (χ0v) is 24.2. The van der Waals surface area contributed by atoms with Crippen molar-refractivity contribution in [2.75, 3.05) is 33.5 Å². The zero-order valence-electron chi connectivity index (χ0n) is 23.4. The van der Waals surface area contributed by atoms with Crippen LogP contribution in [0.1, 0.15) is 24.8 Å². The molecule has 0 spiro atoms. The van der Waals surface area contributed by atoms with Gasteiger partial charge in [-0.2, -0.15) is 5.48 Å². The highest BCUT2D eigenvalue weighted by atomic mass is 32.2. The molecule has 3 fully saturated rings. The number of aliphatic hydroxyl groups is 1. The van der Waals surface area contributed by atoms with Gasteiger partial charge in [0, 0.05) is 13.0 Å². The molecule has 7 atom stereocenters. The number of hydrogen-bond acceptors (Lipinski definition) is 11. The Bertz CT molecular complexity index is 1260. The molecule has 5 unspecified atom stereocenters. The first kappa shape index (κ1) is 30.7. The highest BCUT2D eigenvalue weighted by Gasteiger charge is 2.44. The van der Waals surface area contributed by atoms with Crippen molar-refractivity contribution in [1.29, 1.82) is 0 Å². The van der Waals surface area contributed by atoms with E-state index in [0.29, 0.717) is 25.2 Å². The van der Waals surface area contributed by atoms with Gasteiger partial charge < -0.3 is 34.1 Å². The van der Waals surface area contributed by atoms with E-state index >= 15 is 0 Å². The van der Waals surface area contributed by atoms with E-state index in [4.69, 9.17) is 28.5 Å². The van der Waals surface area contributed by atoms with Crippen molar-refractivity contribution >= 4 is 15.9 Å². The molecule has 3 saturated heterocycles. The molecule has 1 amide bonds. The fraction of sp³-hybridized carbons (Fsp3) is 0.552. The Labute approximate surface area is 245 Å². The lowest BCUT2D eigenvalue weighted by Gasteiger charge is -2.30. The molecule has 0 aromatic heterocycles. The number of methoxy groups -OCH3 is 1. The van der Waals surface area contributed by atoms with Gasteiger partial charge in [0.1, 0.15) is 11.9 Å². The second kappa shape index (κ2) is 14.1. The lowest BCUT2D eigenvalue weighted by atomic mass is 10.0. The number of rotatable bonds is 12. The summed E-state index contributed by atoms with van der Waals surface area (Å²) in [5.41, 5.74) is 2.64. The fourth-order valence-corrected chi connectivity index (χ4v) is 6.95. The minimum Gasteiger partial charge on any atom is -0.497 e. The molecule has 230 valence electrons. The summed E-state index contributed by atoms with van der Waals surface area (Å²) in [4.78, 5) is 18.7. The van der Waals surface area contributed by atoms with Crippen molar-refractivity contribution < 1.29 is 46.8 Å². The van der Waals surface area contributed by atoms with E-state index in [9.17, 15) is 18.3 Å². The predicted molar refractivity (Wildman–Crippen MR) is 149 cm³/mol. The number of hydrogen-bond donors (Lipinski definition) is 3. The van der Waals surface area contributed by atoms with Gasteiger partial charge in [0.05, 0.1) is 56.0 Å². The summed E-state index contributed by atoms with van der Waals surface area (Å²) in [6.45, 7) is 1.02. The average Bonchev–Trinajstić information content (AvgIpc) is 3.63. The van der Waals surface area contributed by atoms with E-state index in [0.717, 1.165) is 12.0 Å². The van der Waals surface area contributed by atoms with E-state index in [-0.39, 0.29) is 43.3 Å². The molecule has 0 saturated carbocycles. The molecule has 2 aromatic carbocycles. The molecule has 0 aliphatic carbocycles. The SMILES string of the molecule is COc1ccc(S(=O)(=O)C2CC(ONC[C@@H](O)[C@H](Cc3ccccc3)NC(=O)OC3COC4OCCC34)CCO2)cc1. The van der Waals surface area contributed by atoms with Gasteiger partial charge in [-0.1, -0.05) is 30.3 Å². The number of ether oxygens (including phenoxy) is 5. The lowest BCUT2D eigenvalue weighted by molar-refractivity contribution is -0.0956. The summed E-state index contributed by atoms with van der Waals surface area (Å²) in [5, 5.41) is 13.8. The standard InChI is InChI=1S/C29H38N2O10S/c1-36-20-7-9-22(10-8-20)42(34,35)27-16-21(11-13-37-27)41-30-17-25(32)24(15-19-5-3-2-4-6-19)31-29(33)40-26-18-39-28-23(26)12-14-38-28/h2-10,21,23-28,30,32H,11-18H2,1H3,(H,31,33)/t21?,23?,24-,25+,26?,27?,28?/m0/s1. The summed E-state index contributed by atoms with van der Waals surface area (Å²) in [6, 6.07) is 14.9. The van der Waals surface area contributed by atoms with Crippen LogP contribution >= 0.6 is 0 Å². The maximum absolute atomic E-state index is 13.1. The Morgan fingerprint density at radius 3 is 2.57 bits per heavy atom. The summed E-state index contributed by atoms with van der Waals surface area (Å²) in [7, 11) is -2.24. The van der Waals surface area contributed by atoms with Gasteiger partial charge in [-0.3, -0.25) is 4.84 Å². The maximum atomic E-state index is 13.1. The number of fused-ring (bicyclic) bond motifs is 1. The highest BCUT2D eigenvalue weighted by Crippen LogP contribution is 2.33. The Hall–Kier alpha value is -2.78. The van der Waals surface area contributed by atoms with Crippen molar-refractivity contribution in [2.45, 2.75) is 66.7 Å². The molecule has 3 aliphatic heterocycles. The van der Waals surface area contributed by atoms with Crippen LogP contribution in [-0.2, 0) is 40.0 Å². The fourth-order valence-electron chi connectivity index (χ4n) is 5.39. The number of carbonyl (C=O) groups excluding carboxylic acids is 1. The van der Waals surface area contributed by atoms with Crippen molar-refractivity contribution in [1.82, 2.24) is 10.8 Å². The largest absolute Gasteiger partial charge is 0.497 e. The molecule has 42 heavy (non-hydrogen) atoms. The van der Waals surface area contributed by atoms with Crippen LogP contribution in [0.2, 0.25) is 0 Å². The Balaban J connectivity index is 1.14. The Morgan fingerprint density at radius 1 is 1.05 bits per heavy atom. The Morgan fingerprint density at radius 2 is 1.81 bits per heavy atom. The average molecular weight is 607 g/mol. The van der Waals surface area contributed by atoms with E-state index in [1.807, 2.05) is 30.3 Å². The third-order valence-electron chi connectivity index (χ3n) is 7.79. The first-order chi connectivity index (χ1) is 20.3. The quantitative estimate of drug-likeness (QED) is 0.304. The molecule has 3 heterocycles. The van der Waals surface area contributed by atoms with Gasteiger partial charge in [0.2, 0.25) is 9.84 Å². The molecule has 13 heteroatoms. The molecule has 3 aliphatic rings. The van der Waals surface area contributed by atoms with Crippen molar-refractivity contribution in [3.05, 3.63) is 60.2 Å². The zero-order chi connectivity index (χ0) is 29.5. The number of aliphatic hydroxyl groups excluding tert-OH is 1. The van der Waals surface area contributed by atoms with Gasteiger partial charge in [0.15, 0.2) is 11.7 Å². The van der Waals surface area contributed by atoms with Crippen LogP contribution in [0.3, 0.4) is 0 Å². The van der Waals surface area contributed by atoms with Gasteiger partial charge >= 0.3 is 6.09 Å². The lowest BCUT2D eigenvalue weighted by Crippen LogP contribution is -2.50. The maximum Gasteiger partial charge on any atom is 0.407 e. The normalized spacial score (nSPS) is 27.1. The third kappa shape index (κ3) is 7.59. The minimum absolute atomic E-state index is 0.000136. The number of carbonyl (C=O) groups is 1. The molecule has 12 nitrogen and oxygen atoms in total. The summed E-state index contributed by atoms with van der Waals surface area (Å²) >= 11 is 0. The topological polar surface area (TPSA) is 151 Å². The van der Waals surface area contributed by atoms with Crippen molar-refractivity contribution in [3.63, 3.8) is 0 Å². The van der Waals surface area contributed by atoms with Gasteiger partial charge in [-0.15, -0.1) is 0 Å². The van der Waals surface area contributed by atoms with Crippen LogP contribution in [-0.4, -0.2) is 89.2 Å². The molecule has 5 rings (SSSR count). The number of amides is 1. The molecular weight excluding hydrogens is 568 g/mol. The summed E-state index contributed by atoms with van der Waals surface area (Å²) < 4.78 is 53.6. The van der Waals surface area contributed by atoms with E-state index < -0.39 is 45.7 Å². The van der Waals surface area contributed by atoms with Crippen LogP contribution in [0, 0.1) is 5.92 Å². The first-order valence-corrected chi connectivity index (χ1v) is 15.7. The summed E-state index contributed by atoms with van der Waals surface area (Å²) in [5.74, 6) is 0.556. The number of nitrogens with one attached hydrogen (secondary N) is 2. The second-order valence-electron chi connectivity index (χ2n) is 10.6. The highest BCUT2D eigenvalue weighted by molar-refractivity contribution is 7.91. The Kier molecular flexibility index (Phi) is 10.3. The predicted octanol–water partition coefficient (Wildman–Crippen LogP) is 1.96. The van der Waals surface area contributed by atoms with E-state index in [1.165, 1.54) is 19.2 Å². The van der Waals surface area contributed by atoms with Crippen LogP contribution in [0.15, 0.2) is 59.5 Å². The smallest absolute Gasteiger partial charge is 0.407 e. The first-order valence-electron chi connectivity index (χ1n) is 14.1. The van der Waals surface area contributed by atoms with Gasteiger partial charge in [-0.05, 0) is 49.1 Å². The van der Waals surface area contributed by atoms with E-state index in [2.05, 4.69) is 10.8 Å². The van der Waals surface area contributed by atoms with Crippen LogP contribution in [0.4, 0.5) is 4.79 Å². The van der Waals surface area contributed by atoms with Crippen molar-refractivity contribution in [3.8, 4) is 5.75 Å². The van der Waals surface area contributed by atoms with Gasteiger partial charge in [-0.25, -0.2) is 13.2 Å². The van der Waals surface area contributed by atoms with Gasteiger partial charge in [0.25, 0.3) is 0 Å². The summed E-state index contributed by atoms with van der Waals surface area (Å²) in [6.07, 6.45) is -1.20. The van der Waals surface area contributed by atoms with Crippen LogP contribution in [0.5, 0.6) is 5.75 Å². The minimum atomic E-state index is -3.75. The van der Waals surface area contributed by atoms with E-state index in [1.54, 1.807) is 12.1 Å². The number of hydroxylamine groups is 1. The number of alkyl carbamates (subject to hydrolysis) is 1. The van der Waals surface area contributed by atoms with Crippen molar-refractivity contribution in [2.24, 2.45) is 5.92 Å². The van der Waals surface area contributed by atoms with Crippen LogP contribution in [0.25, 0.3) is 0 Å². The van der Waals surface area contributed by atoms with Crippen LogP contribution < -0.4 is 15.5 Å². The molecular formula is C29H38N2O10S. The molecule has 3 N–H and O–H groups in total.